The maximum atomic E-state index is 11.9. The van der Waals surface area contributed by atoms with Crippen LogP contribution < -0.4 is 10.6 Å². The third-order valence-corrected chi connectivity index (χ3v) is 3.82. The zero-order valence-corrected chi connectivity index (χ0v) is 12.7. The zero-order chi connectivity index (χ0) is 15.1. The summed E-state index contributed by atoms with van der Waals surface area (Å²) in [5, 5.41) is 5.87. The normalized spacial score (nSPS) is 17.2. The van der Waals surface area contributed by atoms with Gasteiger partial charge in [0.15, 0.2) is 0 Å². The van der Waals surface area contributed by atoms with Crippen molar-refractivity contribution in [2.75, 3.05) is 26.9 Å². The second-order valence-electron chi connectivity index (χ2n) is 5.32. The van der Waals surface area contributed by atoms with Crippen molar-refractivity contribution in [3.63, 3.8) is 0 Å². The molecule has 2 rings (SSSR count). The third kappa shape index (κ3) is 4.72. The van der Waals surface area contributed by atoms with Gasteiger partial charge in [-0.05, 0) is 30.9 Å². The number of hydrogen-bond acceptors (Lipinski definition) is 3. The van der Waals surface area contributed by atoms with E-state index in [-0.39, 0.29) is 18.2 Å². The predicted octanol–water partition coefficient (Wildman–Crippen LogP) is 2.16. The van der Waals surface area contributed by atoms with Crippen molar-refractivity contribution >= 4 is 6.03 Å². The van der Waals surface area contributed by atoms with E-state index in [1.165, 1.54) is 0 Å². The number of methoxy groups -OCH3 is 1. The minimum absolute atomic E-state index is 0.133. The molecule has 1 aromatic rings. The molecule has 1 saturated heterocycles. The summed E-state index contributed by atoms with van der Waals surface area (Å²) in [7, 11) is 1.66. The van der Waals surface area contributed by atoms with E-state index in [0.717, 1.165) is 37.2 Å². The number of nitrogens with one attached hydrogen (secondary N) is 2. The lowest BCUT2D eigenvalue weighted by Gasteiger charge is -2.24. The van der Waals surface area contributed by atoms with Crippen molar-refractivity contribution in [2.24, 2.45) is 0 Å². The Hall–Kier alpha value is -1.59. The highest BCUT2D eigenvalue weighted by Crippen LogP contribution is 2.19. The van der Waals surface area contributed by atoms with Gasteiger partial charge >= 0.3 is 6.03 Å². The topological polar surface area (TPSA) is 59.6 Å². The molecule has 0 aromatic heterocycles. The van der Waals surface area contributed by atoms with Crippen LogP contribution >= 0.6 is 0 Å². The Morgan fingerprint density at radius 1 is 1.38 bits per heavy atom. The van der Waals surface area contributed by atoms with Gasteiger partial charge in [0.25, 0.3) is 0 Å². The largest absolute Gasteiger partial charge is 0.381 e. The first-order chi connectivity index (χ1) is 10.2. The number of aryl methyl sites for hydroxylation is 1. The number of urea groups is 1. The molecule has 0 unspecified atom stereocenters. The standard InChI is InChI=1S/C16H24N2O3/c1-12-5-3-4-6-14(12)15(20-2)11-17-16(19)18-13-7-9-21-10-8-13/h3-6,13,15H,7-11H2,1-2H3,(H2,17,18,19)/t15-/m0/s1. The number of benzene rings is 1. The monoisotopic (exact) mass is 292 g/mol. The van der Waals surface area contributed by atoms with Gasteiger partial charge in [0.05, 0.1) is 6.10 Å². The van der Waals surface area contributed by atoms with Gasteiger partial charge in [0, 0.05) is 32.9 Å². The van der Waals surface area contributed by atoms with Crippen LogP contribution in [-0.4, -0.2) is 38.9 Å². The lowest BCUT2D eigenvalue weighted by molar-refractivity contribution is 0.0790. The number of carbonyl (C=O) groups excluding carboxylic acids is 1. The van der Waals surface area contributed by atoms with Gasteiger partial charge in [0.1, 0.15) is 0 Å². The summed E-state index contributed by atoms with van der Waals surface area (Å²) < 4.78 is 10.8. The average Bonchev–Trinajstić information content (AvgIpc) is 2.50. The molecule has 1 aromatic carbocycles. The average molecular weight is 292 g/mol. The number of amides is 2. The van der Waals surface area contributed by atoms with E-state index in [9.17, 15) is 4.79 Å². The molecule has 1 aliphatic rings. The SMILES string of the molecule is CO[C@@H](CNC(=O)NC1CCOCC1)c1ccccc1C. The van der Waals surface area contributed by atoms with Gasteiger partial charge in [-0.2, -0.15) is 0 Å². The van der Waals surface area contributed by atoms with Crippen LogP contribution in [-0.2, 0) is 9.47 Å². The predicted molar refractivity (Wildman–Crippen MR) is 81.3 cm³/mol. The molecule has 0 spiro atoms. The number of rotatable bonds is 5. The molecule has 116 valence electrons. The van der Waals surface area contributed by atoms with Crippen LogP contribution in [0.5, 0.6) is 0 Å². The summed E-state index contributed by atoms with van der Waals surface area (Å²) in [4.78, 5) is 11.9. The highest BCUT2D eigenvalue weighted by Gasteiger charge is 2.18. The molecule has 21 heavy (non-hydrogen) atoms. The zero-order valence-electron chi connectivity index (χ0n) is 12.7. The fraction of sp³-hybridized carbons (Fsp3) is 0.562. The van der Waals surface area contributed by atoms with E-state index in [2.05, 4.69) is 10.6 Å². The van der Waals surface area contributed by atoms with Crippen LogP contribution in [0.1, 0.15) is 30.1 Å². The Bertz CT molecular complexity index is 459. The van der Waals surface area contributed by atoms with E-state index in [0.29, 0.717) is 6.54 Å². The molecule has 5 nitrogen and oxygen atoms in total. The first-order valence-corrected chi connectivity index (χ1v) is 7.41. The molecule has 2 N–H and O–H groups in total. The molecule has 0 radical (unpaired) electrons. The minimum atomic E-state index is -0.141. The van der Waals surface area contributed by atoms with Gasteiger partial charge in [0.2, 0.25) is 0 Å². The smallest absolute Gasteiger partial charge is 0.315 e. The van der Waals surface area contributed by atoms with Gasteiger partial charge < -0.3 is 20.1 Å². The van der Waals surface area contributed by atoms with E-state index in [4.69, 9.17) is 9.47 Å². The highest BCUT2D eigenvalue weighted by atomic mass is 16.5. The Morgan fingerprint density at radius 2 is 2.10 bits per heavy atom. The quantitative estimate of drug-likeness (QED) is 0.874. The molecule has 1 aliphatic heterocycles. The summed E-state index contributed by atoms with van der Waals surface area (Å²) in [6, 6.07) is 8.12. The number of carbonyl (C=O) groups is 1. The Kier molecular flexibility index (Phi) is 6.02. The Morgan fingerprint density at radius 3 is 2.76 bits per heavy atom. The summed E-state index contributed by atoms with van der Waals surface area (Å²) in [6.45, 7) is 3.93. The second-order valence-corrected chi connectivity index (χ2v) is 5.32. The minimum Gasteiger partial charge on any atom is -0.381 e. The van der Waals surface area contributed by atoms with Crippen LogP contribution in [0.2, 0.25) is 0 Å². The molecule has 5 heteroatoms. The summed E-state index contributed by atoms with van der Waals surface area (Å²) in [5.74, 6) is 0. The van der Waals surface area contributed by atoms with Crippen LogP contribution in [0.25, 0.3) is 0 Å². The van der Waals surface area contributed by atoms with Crippen LogP contribution in [0.15, 0.2) is 24.3 Å². The molecule has 0 saturated carbocycles. The highest BCUT2D eigenvalue weighted by molar-refractivity contribution is 5.74. The summed E-state index contributed by atoms with van der Waals surface area (Å²) >= 11 is 0. The first kappa shape index (κ1) is 15.8. The van der Waals surface area contributed by atoms with E-state index in [1.807, 2.05) is 31.2 Å². The summed E-state index contributed by atoms with van der Waals surface area (Å²) in [6.07, 6.45) is 1.62. The van der Waals surface area contributed by atoms with E-state index < -0.39 is 0 Å². The fourth-order valence-electron chi connectivity index (χ4n) is 2.53. The van der Waals surface area contributed by atoms with Crippen LogP contribution in [0, 0.1) is 6.92 Å². The van der Waals surface area contributed by atoms with Gasteiger partial charge in [-0.25, -0.2) is 4.79 Å². The maximum Gasteiger partial charge on any atom is 0.315 e. The van der Waals surface area contributed by atoms with Crippen molar-refractivity contribution in [3.8, 4) is 0 Å². The fourth-order valence-corrected chi connectivity index (χ4v) is 2.53. The molecular weight excluding hydrogens is 268 g/mol. The number of hydrogen-bond donors (Lipinski definition) is 2. The molecular formula is C16H24N2O3. The molecule has 0 bridgehead atoms. The van der Waals surface area contributed by atoms with E-state index >= 15 is 0 Å². The van der Waals surface area contributed by atoms with Crippen molar-refractivity contribution in [2.45, 2.75) is 31.9 Å². The molecule has 1 atom stereocenters. The van der Waals surface area contributed by atoms with E-state index in [1.54, 1.807) is 7.11 Å². The van der Waals surface area contributed by atoms with Crippen molar-refractivity contribution in [3.05, 3.63) is 35.4 Å². The Labute approximate surface area is 126 Å². The van der Waals surface area contributed by atoms with Crippen LogP contribution in [0.4, 0.5) is 4.79 Å². The molecule has 2 amide bonds. The first-order valence-electron chi connectivity index (χ1n) is 7.41. The van der Waals surface area contributed by atoms with Crippen LogP contribution in [0.3, 0.4) is 0 Å². The van der Waals surface area contributed by atoms with Gasteiger partial charge in [-0.15, -0.1) is 0 Å². The molecule has 1 heterocycles. The Balaban J connectivity index is 1.82. The van der Waals surface area contributed by atoms with Crippen molar-refractivity contribution in [1.29, 1.82) is 0 Å². The lowest BCUT2D eigenvalue weighted by Crippen LogP contribution is -2.45. The maximum absolute atomic E-state index is 11.9. The van der Waals surface area contributed by atoms with Gasteiger partial charge in [-0.1, -0.05) is 24.3 Å². The molecule has 0 aliphatic carbocycles. The van der Waals surface area contributed by atoms with Gasteiger partial charge in [-0.3, -0.25) is 0 Å². The lowest BCUT2D eigenvalue weighted by atomic mass is 10.0. The summed E-state index contributed by atoms with van der Waals surface area (Å²) in [5.41, 5.74) is 2.27. The second kappa shape index (κ2) is 8.00. The van der Waals surface area contributed by atoms with Crippen molar-refractivity contribution < 1.29 is 14.3 Å². The third-order valence-electron chi connectivity index (χ3n) is 3.82. The number of ether oxygens (including phenoxy) is 2. The van der Waals surface area contributed by atoms with Crippen molar-refractivity contribution in [1.82, 2.24) is 10.6 Å². The molecule has 1 fully saturated rings.